The first kappa shape index (κ1) is 14.5. The molecule has 1 amide bonds. The van der Waals surface area contributed by atoms with Crippen molar-refractivity contribution in [3.05, 3.63) is 30.0 Å². The predicted molar refractivity (Wildman–Crippen MR) is 80.5 cm³/mol. The van der Waals surface area contributed by atoms with Gasteiger partial charge in [-0.2, -0.15) is 5.10 Å². The van der Waals surface area contributed by atoms with Gasteiger partial charge >= 0.3 is 0 Å². The van der Waals surface area contributed by atoms with E-state index in [1.54, 1.807) is 4.68 Å². The van der Waals surface area contributed by atoms with E-state index in [2.05, 4.69) is 24.3 Å². The van der Waals surface area contributed by atoms with Gasteiger partial charge in [0.15, 0.2) is 5.69 Å². The summed E-state index contributed by atoms with van der Waals surface area (Å²) in [6.45, 7) is 4.67. The third-order valence-corrected chi connectivity index (χ3v) is 3.35. The van der Waals surface area contributed by atoms with E-state index >= 15 is 0 Å². The lowest BCUT2D eigenvalue weighted by molar-refractivity contribution is 0.0929. The number of fused-ring (bicyclic) bond motifs is 1. The van der Waals surface area contributed by atoms with Crippen LogP contribution in [0.15, 0.2) is 24.3 Å². The van der Waals surface area contributed by atoms with Crippen molar-refractivity contribution in [1.29, 1.82) is 0 Å². The quantitative estimate of drug-likeness (QED) is 0.871. The van der Waals surface area contributed by atoms with Crippen LogP contribution in [0.4, 0.5) is 0 Å². The molecule has 108 valence electrons. The van der Waals surface area contributed by atoms with E-state index in [1.165, 1.54) is 0 Å². The lowest BCUT2D eigenvalue weighted by Gasteiger charge is -2.18. The zero-order chi connectivity index (χ0) is 14.7. The molecule has 1 unspecified atom stereocenters. The third kappa shape index (κ3) is 2.99. The molecule has 1 heterocycles. The van der Waals surface area contributed by atoms with E-state index in [4.69, 9.17) is 5.73 Å². The Morgan fingerprint density at radius 2 is 2.10 bits per heavy atom. The second-order valence-electron chi connectivity index (χ2n) is 5.52. The monoisotopic (exact) mass is 274 g/mol. The summed E-state index contributed by atoms with van der Waals surface area (Å²) in [7, 11) is 1.84. The summed E-state index contributed by atoms with van der Waals surface area (Å²) in [6, 6.07) is 7.70. The Hall–Kier alpha value is -1.88. The zero-order valence-electron chi connectivity index (χ0n) is 12.3. The molecule has 0 saturated heterocycles. The van der Waals surface area contributed by atoms with Crippen LogP contribution in [0.1, 0.15) is 30.8 Å². The van der Waals surface area contributed by atoms with Crippen molar-refractivity contribution in [2.45, 2.75) is 26.3 Å². The highest BCUT2D eigenvalue weighted by Gasteiger charge is 2.19. The molecule has 0 spiro atoms. The Bertz CT molecular complexity index is 603. The largest absolute Gasteiger partial charge is 0.347 e. The molecule has 0 aliphatic rings. The van der Waals surface area contributed by atoms with E-state index in [0.29, 0.717) is 18.2 Å². The summed E-state index contributed by atoms with van der Waals surface area (Å²) in [4.78, 5) is 12.4. The molecular formula is C15H22N4O. The van der Waals surface area contributed by atoms with Crippen molar-refractivity contribution in [3.8, 4) is 0 Å². The average Bonchev–Trinajstić information content (AvgIpc) is 2.75. The number of nitrogens with zero attached hydrogens (tertiary/aromatic N) is 2. The number of aryl methyl sites for hydroxylation is 1. The zero-order valence-corrected chi connectivity index (χ0v) is 12.3. The van der Waals surface area contributed by atoms with Gasteiger partial charge in [0.1, 0.15) is 0 Å². The number of benzene rings is 1. The summed E-state index contributed by atoms with van der Waals surface area (Å²) in [6.07, 6.45) is 0.868. The van der Waals surface area contributed by atoms with Gasteiger partial charge in [0, 0.05) is 25.0 Å². The standard InChI is InChI=1S/C15H22N4O/c1-10(2)8-11(9-16)17-15(20)14-12-6-4-5-7-13(12)19(3)18-14/h4-7,10-11H,8-9,16H2,1-3H3,(H,17,20). The number of hydrogen-bond acceptors (Lipinski definition) is 3. The minimum atomic E-state index is -0.155. The SMILES string of the molecule is CC(C)CC(CN)NC(=O)c1nn(C)c2ccccc12. The number of amides is 1. The number of aromatic nitrogens is 2. The second-order valence-corrected chi connectivity index (χ2v) is 5.52. The molecule has 20 heavy (non-hydrogen) atoms. The van der Waals surface area contributed by atoms with Crippen LogP contribution in [0.5, 0.6) is 0 Å². The second kappa shape index (κ2) is 6.05. The number of rotatable bonds is 5. The molecule has 2 aromatic rings. The van der Waals surface area contributed by atoms with E-state index < -0.39 is 0 Å². The summed E-state index contributed by atoms with van der Waals surface area (Å²) in [5.74, 6) is 0.335. The lowest BCUT2D eigenvalue weighted by Crippen LogP contribution is -2.41. The normalized spacial score (nSPS) is 12.8. The van der Waals surface area contributed by atoms with Crippen LogP contribution in [-0.4, -0.2) is 28.3 Å². The molecule has 0 bridgehead atoms. The summed E-state index contributed by atoms with van der Waals surface area (Å²) in [5.41, 5.74) is 7.14. The molecule has 5 heteroatoms. The summed E-state index contributed by atoms with van der Waals surface area (Å²) in [5, 5.41) is 8.17. The van der Waals surface area contributed by atoms with Crippen LogP contribution in [0.3, 0.4) is 0 Å². The highest BCUT2D eigenvalue weighted by atomic mass is 16.2. The molecule has 5 nitrogen and oxygen atoms in total. The van der Waals surface area contributed by atoms with Gasteiger partial charge in [-0.3, -0.25) is 9.48 Å². The van der Waals surface area contributed by atoms with Crippen molar-refractivity contribution in [1.82, 2.24) is 15.1 Å². The van der Waals surface area contributed by atoms with Crippen molar-refractivity contribution < 1.29 is 4.79 Å². The third-order valence-electron chi connectivity index (χ3n) is 3.35. The fraction of sp³-hybridized carbons (Fsp3) is 0.467. The summed E-state index contributed by atoms with van der Waals surface area (Å²) < 4.78 is 1.73. The van der Waals surface area contributed by atoms with Crippen LogP contribution in [0.2, 0.25) is 0 Å². The molecule has 0 radical (unpaired) electrons. The maximum absolute atomic E-state index is 12.4. The van der Waals surface area contributed by atoms with Gasteiger partial charge in [-0.1, -0.05) is 32.0 Å². The summed E-state index contributed by atoms with van der Waals surface area (Å²) >= 11 is 0. The lowest BCUT2D eigenvalue weighted by atomic mass is 10.0. The minimum Gasteiger partial charge on any atom is -0.347 e. The first-order valence-electron chi connectivity index (χ1n) is 6.95. The first-order valence-corrected chi connectivity index (χ1v) is 6.95. The number of nitrogens with one attached hydrogen (secondary N) is 1. The highest BCUT2D eigenvalue weighted by Crippen LogP contribution is 2.17. The number of para-hydroxylation sites is 1. The molecule has 2 rings (SSSR count). The van der Waals surface area contributed by atoms with E-state index in [1.807, 2.05) is 31.3 Å². The molecule has 0 aliphatic heterocycles. The van der Waals surface area contributed by atoms with Gasteiger partial charge in [0.05, 0.1) is 5.52 Å². The Labute approximate surface area is 119 Å². The van der Waals surface area contributed by atoms with Crippen molar-refractivity contribution >= 4 is 16.8 Å². The molecule has 3 N–H and O–H groups in total. The number of nitrogens with two attached hydrogens (primary N) is 1. The predicted octanol–water partition coefficient (Wildman–Crippen LogP) is 1.68. The van der Waals surface area contributed by atoms with Crippen LogP contribution in [0.25, 0.3) is 10.9 Å². The van der Waals surface area contributed by atoms with Gasteiger partial charge in [-0.15, -0.1) is 0 Å². The van der Waals surface area contributed by atoms with Gasteiger partial charge in [0.25, 0.3) is 5.91 Å². The average molecular weight is 274 g/mol. The first-order chi connectivity index (χ1) is 9.52. The van der Waals surface area contributed by atoms with Gasteiger partial charge in [-0.05, 0) is 18.4 Å². The molecule has 0 aliphatic carbocycles. The minimum absolute atomic E-state index is 0.0109. The molecule has 0 fully saturated rings. The Kier molecular flexibility index (Phi) is 4.39. The molecule has 1 atom stereocenters. The topological polar surface area (TPSA) is 72.9 Å². The van der Waals surface area contributed by atoms with E-state index in [-0.39, 0.29) is 11.9 Å². The van der Waals surface area contributed by atoms with Crippen molar-refractivity contribution in [3.63, 3.8) is 0 Å². The molecule has 1 aromatic carbocycles. The van der Waals surface area contributed by atoms with Crippen LogP contribution in [0, 0.1) is 5.92 Å². The van der Waals surface area contributed by atoms with Crippen LogP contribution in [-0.2, 0) is 7.05 Å². The van der Waals surface area contributed by atoms with Gasteiger partial charge in [-0.25, -0.2) is 0 Å². The number of hydrogen-bond donors (Lipinski definition) is 2. The van der Waals surface area contributed by atoms with Crippen LogP contribution >= 0.6 is 0 Å². The fourth-order valence-corrected chi connectivity index (χ4v) is 2.42. The smallest absolute Gasteiger partial charge is 0.272 e. The Morgan fingerprint density at radius 1 is 1.40 bits per heavy atom. The van der Waals surface area contributed by atoms with Gasteiger partial charge in [0.2, 0.25) is 0 Å². The van der Waals surface area contributed by atoms with Crippen LogP contribution < -0.4 is 11.1 Å². The Balaban J connectivity index is 2.23. The van der Waals surface area contributed by atoms with E-state index in [9.17, 15) is 4.79 Å². The number of carbonyl (C=O) groups is 1. The maximum atomic E-state index is 12.4. The molecule has 1 aromatic heterocycles. The number of carbonyl (C=O) groups excluding carboxylic acids is 1. The Morgan fingerprint density at radius 3 is 2.75 bits per heavy atom. The fourth-order valence-electron chi connectivity index (χ4n) is 2.42. The van der Waals surface area contributed by atoms with Crippen molar-refractivity contribution in [2.75, 3.05) is 6.54 Å². The molecular weight excluding hydrogens is 252 g/mol. The maximum Gasteiger partial charge on any atom is 0.272 e. The van der Waals surface area contributed by atoms with Gasteiger partial charge < -0.3 is 11.1 Å². The van der Waals surface area contributed by atoms with E-state index in [0.717, 1.165) is 17.3 Å². The highest BCUT2D eigenvalue weighted by molar-refractivity contribution is 6.04. The molecule has 0 saturated carbocycles. The van der Waals surface area contributed by atoms with Crippen molar-refractivity contribution in [2.24, 2.45) is 18.7 Å².